The highest BCUT2D eigenvalue weighted by molar-refractivity contribution is 6.21. The van der Waals surface area contributed by atoms with Gasteiger partial charge >= 0.3 is 6.18 Å². The van der Waals surface area contributed by atoms with E-state index in [9.17, 15) is 22.8 Å². The fraction of sp³-hybridized carbons (Fsp3) is 0.179. The van der Waals surface area contributed by atoms with Crippen LogP contribution in [-0.2, 0) is 6.18 Å². The SMILES string of the molecule is Cc1cc(Nc2cc(OCCCN3C(=O)c4ccccc4C3=O)cc(C(F)(F)F)c2)c2ccccc2n1. The first-order valence-corrected chi connectivity index (χ1v) is 11.6. The molecule has 0 spiro atoms. The van der Waals surface area contributed by atoms with Crippen molar-refractivity contribution in [2.45, 2.75) is 19.5 Å². The van der Waals surface area contributed by atoms with E-state index in [0.717, 1.165) is 33.6 Å². The molecule has 0 radical (unpaired) electrons. The molecule has 2 heterocycles. The summed E-state index contributed by atoms with van der Waals surface area (Å²) in [5, 5.41) is 3.85. The van der Waals surface area contributed by atoms with E-state index in [1.807, 2.05) is 31.2 Å². The molecule has 1 N–H and O–H groups in total. The van der Waals surface area contributed by atoms with E-state index in [0.29, 0.717) is 16.8 Å². The lowest BCUT2D eigenvalue weighted by molar-refractivity contribution is -0.137. The molecule has 1 aromatic heterocycles. The van der Waals surface area contributed by atoms with Crippen molar-refractivity contribution in [2.24, 2.45) is 0 Å². The quantitative estimate of drug-likeness (QED) is 0.233. The Labute approximate surface area is 210 Å². The molecule has 1 aliphatic heterocycles. The molecule has 0 bridgehead atoms. The van der Waals surface area contributed by atoms with E-state index in [2.05, 4.69) is 10.3 Å². The first-order valence-electron chi connectivity index (χ1n) is 11.6. The number of carbonyl (C=O) groups is 2. The maximum Gasteiger partial charge on any atom is 0.416 e. The molecule has 0 saturated carbocycles. The number of imide groups is 1. The number of nitrogens with zero attached hydrogens (tertiary/aromatic N) is 2. The number of carbonyl (C=O) groups excluding carboxylic acids is 2. The summed E-state index contributed by atoms with van der Waals surface area (Å²) in [7, 11) is 0. The third-order valence-corrected chi connectivity index (χ3v) is 6.03. The Hall–Kier alpha value is -4.40. The van der Waals surface area contributed by atoms with Crippen molar-refractivity contribution in [1.29, 1.82) is 0 Å². The number of anilines is 2. The van der Waals surface area contributed by atoms with Crippen LogP contribution in [0, 0.1) is 6.92 Å². The predicted octanol–water partition coefficient (Wildman–Crippen LogP) is 6.37. The lowest BCUT2D eigenvalue weighted by Crippen LogP contribution is -2.31. The Morgan fingerprint density at radius 3 is 2.30 bits per heavy atom. The van der Waals surface area contributed by atoms with Gasteiger partial charge in [-0.15, -0.1) is 0 Å². The smallest absolute Gasteiger partial charge is 0.416 e. The zero-order chi connectivity index (χ0) is 26.2. The Kier molecular flexibility index (Phi) is 6.29. The summed E-state index contributed by atoms with van der Waals surface area (Å²) in [4.78, 5) is 30.6. The maximum absolute atomic E-state index is 13.6. The van der Waals surface area contributed by atoms with Crippen LogP contribution in [0.4, 0.5) is 24.5 Å². The van der Waals surface area contributed by atoms with Gasteiger partial charge in [-0.05, 0) is 49.7 Å². The summed E-state index contributed by atoms with van der Waals surface area (Å²) in [6.07, 6.45) is -4.31. The first kappa shape index (κ1) is 24.3. The standard InChI is InChI=1S/C28H22F3N3O3/c1-17-13-25(23-9-4-5-10-24(23)32-17)33-19-14-18(28(29,30)31)15-20(16-19)37-12-6-11-34-26(35)21-7-2-3-8-22(21)27(34)36/h2-5,7-10,13-16H,6,11-12H2,1H3,(H,32,33). The van der Waals surface area contributed by atoms with Crippen LogP contribution in [0.2, 0.25) is 0 Å². The lowest BCUT2D eigenvalue weighted by Gasteiger charge is -2.17. The zero-order valence-electron chi connectivity index (χ0n) is 19.8. The number of pyridine rings is 1. The van der Waals surface area contributed by atoms with E-state index < -0.39 is 11.7 Å². The summed E-state index contributed by atoms with van der Waals surface area (Å²) >= 11 is 0. The first-order chi connectivity index (χ1) is 17.7. The second-order valence-electron chi connectivity index (χ2n) is 8.71. The number of hydrogen-bond donors (Lipinski definition) is 1. The average Bonchev–Trinajstić information content (AvgIpc) is 3.11. The van der Waals surface area contributed by atoms with Crippen molar-refractivity contribution in [3.63, 3.8) is 0 Å². The normalized spacial score (nSPS) is 13.2. The summed E-state index contributed by atoms with van der Waals surface area (Å²) in [6, 6.07) is 19.1. The number of alkyl halides is 3. The minimum Gasteiger partial charge on any atom is -0.493 e. The summed E-state index contributed by atoms with van der Waals surface area (Å²) < 4.78 is 46.5. The van der Waals surface area contributed by atoms with Gasteiger partial charge in [-0.1, -0.05) is 30.3 Å². The lowest BCUT2D eigenvalue weighted by atomic mass is 10.1. The number of para-hydroxylation sites is 1. The number of halogens is 3. The molecule has 3 aromatic carbocycles. The summed E-state index contributed by atoms with van der Waals surface area (Å²) in [5.41, 5.74) is 2.11. The fourth-order valence-electron chi connectivity index (χ4n) is 4.34. The number of nitrogens with one attached hydrogen (secondary N) is 1. The van der Waals surface area contributed by atoms with Gasteiger partial charge in [-0.25, -0.2) is 0 Å². The maximum atomic E-state index is 13.6. The van der Waals surface area contributed by atoms with Crippen LogP contribution in [0.1, 0.15) is 38.4 Å². The van der Waals surface area contributed by atoms with E-state index in [1.165, 1.54) is 6.07 Å². The minimum absolute atomic E-state index is 0.0193. The molecular weight excluding hydrogens is 483 g/mol. The van der Waals surface area contributed by atoms with Crippen LogP contribution < -0.4 is 10.1 Å². The number of aromatic nitrogens is 1. The van der Waals surface area contributed by atoms with Gasteiger partial charge in [0.2, 0.25) is 0 Å². The van der Waals surface area contributed by atoms with Crippen molar-refractivity contribution in [3.8, 4) is 5.75 Å². The van der Waals surface area contributed by atoms with E-state index in [4.69, 9.17) is 4.74 Å². The number of fused-ring (bicyclic) bond motifs is 2. The van der Waals surface area contributed by atoms with Crippen molar-refractivity contribution in [2.75, 3.05) is 18.5 Å². The van der Waals surface area contributed by atoms with Gasteiger partial charge in [0.15, 0.2) is 0 Å². The van der Waals surface area contributed by atoms with E-state index in [1.54, 1.807) is 30.3 Å². The highest BCUT2D eigenvalue weighted by Crippen LogP contribution is 2.36. The number of ether oxygens (including phenoxy) is 1. The van der Waals surface area contributed by atoms with Gasteiger partial charge < -0.3 is 10.1 Å². The monoisotopic (exact) mass is 505 g/mol. The average molecular weight is 505 g/mol. The van der Waals surface area contributed by atoms with Crippen LogP contribution in [0.15, 0.2) is 72.8 Å². The molecule has 188 valence electrons. The van der Waals surface area contributed by atoms with Gasteiger partial charge in [0.05, 0.1) is 28.8 Å². The molecule has 4 aromatic rings. The number of hydrogen-bond acceptors (Lipinski definition) is 5. The predicted molar refractivity (Wildman–Crippen MR) is 133 cm³/mol. The van der Waals surface area contributed by atoms with E-state index >= 15 is 0 Å². The molecule has 6 nitrogen and oxygen atoms in total. The van der Waals surface area contributed by atoms with Crippen LogP contribution in [0.5, 0.6) is 5.75 Å². The van der Waals surface area contributed by atoms with Crippen molar-refractivity contribution >= 4 is 34.1 Å². The second-order valence-corrected chi connectivity index (χ2v) is 8.71. The number of benzene rings is 3. The molecule has 2 amide bonds. The second kappa shape index (κ2) is 9.57. The number of aryl methyl sites for hydroxylation is 1. The van der Waals surface area contributed by atoms with Crippen LogP contribution in [-0.4, -0.2) is 34.8 Å². The van der Waals surface area contributed by atoms with Crippen molar-refractivity contribution in [1.82, 2.24) is 9.88 Å². The molecule has 9 heteroatoms. The summed E-state index contributed by atoms with van der Waals surface area (Å²) in [5.74, 6) is -0.744. The molecule has 5 rings (SSSR count). The topological polar surface area (TPSA) is 71.5 Å². The van der Waals surface area contributed by atoms with Gasteiger partial charge in [0, 0.05) is 35.1 Å². The van der Waals surface area contributed by atoms with Crippen LogP contribution >= 0.6 is 0 Å². The molecule has 0 unspecified atom stereocenters. The molecule has 0 atom stereocenters. The zero-order valence-corrected chi connectivity index (χ0v) is 19.8. The van der Waals surface area contributed by atoms with Crippen molar-refractivity contribution in [3.05, 3.63) is 95.2 Å². The number of amides is 2. The van der Waals surface area contributed by atoms with Crippen LogP contribution in [0.25, 0.3) is 10.9 Å². The molecule has 0 saturated heterocycles. The van der Waals surface area contributed by atoms with Crippen LogP contribution in [0.3, 0.4) is 0 Å². The molecule has 0 aliphatic carbocycles. The highest BCUT2D eigenvalue weighted by atomic mass is 19.4. The van der Waals surface area contributed by atoms with Gasteiger partial charge in [-0.3, -0.25) is 19.5 Å². The third-order valence-electron chi connectivity index (χ3n) is 6.03. The number of rotatable bonds is 7. The highest BCUT2D eigenvalue weighted by Gasteiger charge is 2.34. The Morgan fingerprint density at radius 1 is 0.919 bits per heavy atom. The minimum atomic E-state index is -4.58. The Bertz CT molecular complexity index is 1480. The van der Waals surface area contributed by atoms with E-state index in [-0.39, 0.29) is 42.8 Å². The molecule has 0 fully saturated rings. The van der Waals surface area contributed by atoms with Crippen molar-refractivity contribution < 1.29 is 27.5 Å². The molecule has 37 heavy (non-hydrogen) atoms. The largest absolute Gasteiger partial charge is 0.493 e. The summed E-state index contributed by atoms with van der Waals surface area (Å²) in [6.45, 7) is 1.93. The fourth-order valence-corrected chi connectivity index (χ4v) is 4.34. The Morgan fingerprint density at radius 2 is 1.59 bits per heavy atom. The van der Waals surface area contributed by atoms with Gasteiger partial charge in [-0.2, -0.15) is 13.2 Å². The molecule has 1 aliphatic rings. The third kappa shape index (κ3) is 4.97. The Balaban J connectivity index is 1.32. The molecular formula is C28H22F3N3O3. The van der Waals surface area contributed by atoms with Gasteiger partial charge in [0.1, 0.15) is 5.75 Å². The van der Waals surface area contributed by atoms with Gasteiger partial charge in [0.25, 0.3) is 11.8 Å².